The molecule has 2 heterocycles. The van der Waals surface area contributed by atoms with Gasteiger partial charge in [0.2, 0.25) is 11.8 Å². The smallest absolute Gasteiger partial charge is 0.227 e. The van der Waals surface area contributed by atoms with Gasteiger partial charge in [-0.25, -0.2) is 0 Å². The van der Waals surface area contributed by atoms with Crippen molar-refractivity contribution in [2.45, 2.75) is 44.9 Å². The van der Waals surface area contributed by atoms with Crippen LogP contribution in [-0.4, -0.2) is 86.0 Å². The number of carbonyl (C=O) groups excluding carboxylic acids is 2. The second kappa shape index (κ2) is 9.70. The summed E-state index contributed by atoms with van der Waals surface area (Å²) in [6, 6.07) is 0. The van der Waals surface area contributed by atoms with E-state index >= 15 is 0 Å². The molecule has 148 valence electrons. The summed E-state index contributed by atoms with van der Waals surface area (Å²) in [7, 11) is 1.72. The fraction of sp³-hybridized carbons (Fsp3) is 0.900. The molecular weight excluding hydrogens is 330 g/mol. The maximum absolute atomic E-state index is 13.0. The first kappa shape index (κ1) is 19.6. The van der Waals surface area contributed by atoms with E-state index in [9.17, 15) is 9.59 Å². The average Bonchev–Trinajstić information content (AvgIpc) is 3.10. The van der Waals surface area contributed by atoms with Gasteiger partial charge in [0.15, 0.2) is 0 Å². The normalized spacial score (nSPS) is 26.1. The molecule has 3 rings (SSSR count). The number of piperidine rings is 1. The Kier molecular flexibility index (Phi) is 7.32. The number of nitrogens with zero attached hydrogens (tertiary/aromatic N) is 3. The lowest BCUT2D eigenvalue weighted by molar-refractivity contribution is -0.139. The maximum atomic E-state index is 13.0. The van der Waals surface area contributed by atoms with Gasteiger partial charge in [-0.15, -0.1) is 0 Å². The minimum atomic E-state index is 0.109. The molecule has 2 saturated heterocycles. The van der Waals surface area contributed by atoms with Crippen LogP contribution in [0.1, 0.15) is 44.9 Å². The summed E-state index contributed by atoms with van der Waals surface area (Å²) in [6.45, 7) is 6.56. The molecule has 1 atom stereocenters. The quantitative estimate of drug-likeness (QED) is 0.743. The Morgan fingerprint density at radius 1 is 0.808 bits per heavy atom. The Bertz CT molecular complexity index is 479. The Morgan fingerprint density at radius 3 is 2.08 bits per heavy atom. The van der Waals surface area contributed by atoms with E-state index in [-0.39, 0.29) is 11.8 Å². The molecular formula is C20H35N3O3. The number of hydrogen-bond acceptors (Lipinski definition) is 4. The minimum absolute atomic E-state index is 0.109. The van der Waals surface area contributed by atoms with Crippen molar-refractivity contribution in [3.05, 3.63) is 0 Å². The molecule has 2 amide bonds. The molecule has 6 heteroatoms. The van der Waals surface area contributed by atoms with Gasteiger partial charge >= 0.3 is 0 Å². The van der Waals surface area contributed by atoms with Crippen molar-refractivity contribution < 1.29 is 14.3 Å². The van der Waals surface area contributed by atoms with E-state index in [0.717, 1.165) is 71.4 Å². The van der Waals surface area contributed by atoms with Crippen LogP contribution in [0.3, 0.4) is 0 Å². The summed E-state index contributed by atoms with van der Waals surface area (Å²) < 4.78 is 5.18. The van der Waals surface area contributed by atoms with E-state index in [1.807, 2.05) is 9.80 Å². The van der Waals surface area contributed by atoms with Crippen LogP contribution in [0, 0.1) is 11.8 Å². The van der Waals surface area contributed by atoms with Gasteiger partial charge < -0.3 is 19.4 Å². The van der Waals surface area contributed by atoms with Crippen LogP contribution < -0.4 is 0 Å². The van der Waals surface area contributed by atoms with Crippen LogP contribution in [0.2, 0.25) is 0 Å². The lowest BCUT2D eigenvalue weighted by atomic mass is 9.96. The average molecular weight is 366 g/mol. The minimum Gasteiger partial charge on any atom is -0.383 e. The summed E-state index contributed by atoms with van der Waals surface area (Å²) >= 11 is 0. The maximum Gasteiger partial charge on any atom is 0.227 e. The van der Waals surface area contributed by atoms with Gasteiger partial charge in [0.05, 0.1) is 12.5 Å². The van der Waals surface area contributed by atoms with Gasteiger partial charge in [-0.2, -0.15) is 0 Å². The van der Waals surface area contributed by atoms with Crippen LogP contribution in [0.5, 0.6) is 0 Å². The molecule has 0 bridgehead atoms. The van der Waals surface area contributed by atoms with Crippen molar-refractivity contribution in [3.63, 3.8) is 0 Å². The Hall–Kier alpha value is -1.14. The Morgan fingerprint density at radius 2 is 1.42 bits per heavy atom. The van der Waals surface area contributed by atoms with Crippen LogP contribution >= 0.6 is 0 Å². The molecule has 26 heavy (non-hydrogen) atoms. The first-order chi connectivity index (χ1) is 12.7. The lowest BCUT2D eigenvalue weighted by Gasteiger charge is -2.34. The molecule has 2 aliphatic heterocycles. The molecule has 1 unspecified atom stereocenters. The Labute approximate surface area is 157 Å². The number of hydrogen-bond donors (Lipinski definition) is 0. The molecule has 3 fully saturated rings. The van der Waals surface area contributed by atoms with Gasteiger partial charge in [-0.1, -0.05) is 12.8 Å². The van der Waals surface area contributed by atoms with Crippen LogP contribution in [0.4, 0.5) is 0 Å². The first-order valence-electron chi connectivity index (χ1n) is 10.5. The van der Waals surface area contributed by atoms with E-state index in [0.29, 0.717) is 24.9 Å². The highest BCUT2D eigenvalue weighted by Crippen LogP contribution is 2.27. The molecule has 0 N–H and O–H groups in total. The zero-order valence-corrected chi connectivity index (χ0v) is 16.3. The van der Waals surface area contributed by atoms with Crippen molar-refractivity contribution in [3.8, 4) is 0 Å². The third-order valence-electron chi connectivity index (χ3n) is 6.29. The standard InChI is InChI=1S/C20H35N3O3/c1-26-15-14-21-9-4-8-18(16-21)20(25)23-11-5-10-22(12-13-23)19(24)17-6-2-3-7-17/h17-18H,2-16H2,1H3. The number of rotatable bonds is 5. The molecule has 1 saturated carbocycles. The SMILES string of the molecule is COCCN1CCCC(C(=O)N2CCCN(C(=O)C3CCCC3)CC2)C1. The predicted molar refractivity (Wildman–Crippen MR) is 101 cm³/mol. The molecule has 3 aliphatic rings. The number of methoxy groups -OCH3 is 1. The van der Waals surface area contributed by atoms with Crippen molar-refractivity contribution >= 4 is 11.8 Å². The fourth-order valence-electron chi connectivity index (χ4n) is 4.73. The summed E-state index contributed by atoms with van der Waals surface area (Å²) in [6.07, 6.45) is 7.47. The van der Waals surface area contributed by atoms with E-state index in [4.69, 9.17) is 4.74 Å². The second-order valence-corrected chi connectivity index (χ2v) is 8.12. The first-order valence-corrected chi connectivity index (χ1v) is 10.5. The van der Waals surface area contributed by atoms with E-state index < -0.39 is 0 Å². The van der Waals surface area contributed by atoms with Gasteiger partial charge in [0.25, 0.3) is 0 Å². The molecule has 1 aliphatic carbocycles. The summed E-state index contributed by atoms with van der Waals surface area (Å²) in [5, 5.41) is 0. The van der Waals surface area contributed by atoms with E-state index in [2.05, 4.69) is 4.90 Å². The second-order valence-electron chi connectivity index (χ2n) is 8.12. The van der Waals surface area contributed by atoms with Crippen molar-refractivity contribution in [2.75, 3.05) is 59.5 Å². The lowest BCUT2D eigenvalue weighted by Crippen LogP contribution is -2.46. The molecule has 6 nitrogen and oxygen atoms in total. The molecule has 0 aromatic carbocycles. The largest absolute Gasteiger partial charge is 0.383 e. The van der Waals surface area contributed by atoms with Crippen molar-refractivity contribution in [1.29, 1.82) is 0 Å². The fourth-order valence-corrected chi connectivity index (χ4v) is 4.73. The third-order valence-corrected chi connectivity index (χ3v) is 6.29. The molecule has 0 aromatic rings. The molecule has 0 spiro atoms. The number of amides is 2. The third kappa shape index (κ3) is 4.97. The van der Waals surface area contributed by atoms with Gasteiger partial charge in [-0.05, 0) is 38.6 Å². The van der Waals surface area contributed by atoms with Crippen LogP contribution in [0.25, 0.3) is 0 Å². The van der Waals surface area contributed by atoms with E-state index in [1.165, 1.54) is 12.8 Å². The Balaban J connectivity index is 1.49. The highest BCUT2D eigenvalue weighted by atomic mass is 16.5. The topological polar surface area (TPSA) is 53.1 Å². The summed E-state index contributed by atoms with van der Waals surface area (Å²) in [4.78, 5) is 32.1. The highest BCUT2D eigenvalue weighted by Gasteiger charge is 2.32. The molecule has 0 aromatic heterocycles. The van der Waals surface area contributed by atoms with Crippen LogP contribution in [0.15, 0.2) is 0 Å². The highest BCUT2D eigenvalue weighted by molar-refractivity contribution is 5.80. The zero-order valence-electron chi connectivity index (χ0n) is 16.3. The van der Waals surface area contributed by atoms with Gasteiger partial charge in [-0.3, -0.25) is 9.59 Å². The summed E-state index contributed by atoms with van der Waals surface area (Å²) in [5.41, 5.74) is 0. The monoisotopic (exact) mass is 365 g/mol. The summed E-state index contributed by atoms with van der Waals surface area (Å²) in [5.74, 6) is 0.977. The van der Waals surface area contributed by atoms with Gasteiger partial charge in [0, 0.05) is 52.3 Å². The van der Waals surface area contributed by atoms with Crippen LogP contribution in [-0.2, 0) is 14.3 Å². The number of likely N-dealkylation sites (tertiary alicyclic amines) is 1. The van der Waals surface area contributed by atoms with Gasteiger partial charge in [0.1, 0.15) is 0 Å². The van der Waals surface area contributed by atoms with Crippen molar-refractivity contribution in [1.82, 2.24) is 14.7 Å². The molecule has 0 radical (unpaired) electrons. The number of ether oxygens (including phenoxy) is 1. The predicted octanol–water partition coefficient (Wildman–Crippen LogP) is 1.60. The number of carbonyl (C=O) groups is 2. The van der Waals surface area contributed by atoms with Crippen molar-refractivity contribution in [2.24, 2.45) is 11.8 Å². The zero-order chi connectivity index (χ0) is 18.4. The van der Waals surface area contributed by atoms with E-state index in [1.54, 1.807) is 7.11 Å².